The number of benzene rings is 1. The highest BCUT2D eigenvalue weighted by molar-refractivity contribution is 7.99. The van der Waals surface area contributed by atoms with Crippen LogP contribution in [0.5, 0.6) is 0 Å². The summed E-state index contributed by atoms with van der Waals surface area (Å²) in [6, 6.07) is 5.65. The molecule has 5 rings (SSSR count). The second-order valence-electron chi connectivity index (χ2n) is 7.70. The Bertz CT molecular complexity index is 1010. The van der Waals surface area contributed by atoms with Crippen LogP contribution in [0.15, 0.2) is 46.6 Å². The third kappa shape index (κ3) is 3.16. The van der Waals surface area contributed by atoms with E-state index in [1.165, 1.54) is 24.6 Å². The van der Waals surface area contributed by atoms with E-state index in [1.807, 2.05) is 30.7 Å². The predicted octanol–water partition coefficient (Wildman–Crippen LogP) is 4.61. The van der Waals surface area contributed by atoms with Crippen LogP contribution in [-0.2, 0) is 0 Å². The van der Waals surface area contributed by atoms with Gasteiger partial charge < -0.3 is 10.6 Å². The number of nitrogens with zero attached hydrogens (tertiary/aromatic N) is 4. The van der Waals surface area contributed by atoms with Crippen molar-refractivity contribution in [2.45, 2.75) is 22.6 Å². The van der Waals surface area contributed by atoms with E-state index in [0.717, 1.165) is 52.9 Å². The Morgan fingerprint density at radius 3 is 2.64 bits per heavy atom. The van der Waals surface area contributed by atoms with Crippen LogP contribution < -0.4 is 10.6 Å². The highest BCUT2D eigenvalue weighted by Gasteiger charge is 2.41. The van der Waals surface area contributed by atoms with Crippen LogP contribution in [0.2, 0.25) is 10.0 Å². The minimum atomic E-state index is 0.551. The van der Waals surface area contributed by atoms with Crippen molar-refractivity contribution in [1.29, 1.82) is 0 Å². The summed E-state index contributed by atoms with van der Waals surface area (Å²) in [5, 5.41) is 1.11. The maximum absolute atomic E-state index is 6.36. The standard InChI is InChI=1S/C20H21Cl2N5S/c21-15-2-1-3-16(18(15)22)28-17-9-25-20(27-5-4-24-19(17)27)26-10-13-6-12(8-23)7-14(13)11-26/h1-5,9,12-14H,6-8,10-11,23H2. The van der Waals surface area contributed by atoms with Gasteiger partial charge in [0.1, 0.15) is 0 Å². The van der Waals surface area contributed by atoms with E-state index in [0.29, 0.717) is 16.0 Å². The Kier molecular flexibility index (Phi) is 4.91. The molecule has 146 valence electrons. The SMILES string of the molecule is NCC1CC2CN(c3ncc(Sc4cccc(Cl)c4Cl)c4nccn34)CC2C1. The van der Waals surface area contributed by atoms with Crippen LogP contribution in [0.1, 0.15) is 12.8 Å². The molecule has 3 aromatic rings. The van der Waals surface area contributed by atoms with Gasteiger partial charge in [-0.15, -0.1) is 0 Å². The van der Waals surface area contributed by atoms with E-state index < -0.39 is 0 Å². The molecule has 0 radical (unpaired) electrons. The zero-order chi connectivity index (χ0) is 19.3. The van der Waals surface area contributed by atoms with E-state index in [-0.39, 0.29) is 0 Å². The third-order valence-corrected chi connectivity index (χ3v) is 7.97. The summed E-state index contributed by atoms with van der Waals surface area (Å²) in [4.78, 5) is 13.6. The molecule has 1 saturated carbocycles. The molecule has 0 spiro atoms. The van der Waals surface area contributed by atoms with Gasteiger partial charge in [-0.2, -0.15) is 0 Å². The molecule has 8 heteroatoms. The number of hydrogen-bond acceptors (Lipinski definition) is 5. The molecule has 2 fully saturated rings. The molecule has 2 atom stereocenters. The quantitative estimate of drug-likeness (QED) is 0.650. The van der Waals surface area contributed by atoms with E-state index in [4.69, 9.17) is 33.9 Å². The van der Waals surface area contributed by atoms with Gasteiger partial charge in [-0.25, -0.2) is 9.97 Å². The van der Waals surface area contributed by atoms with Crippen molar-refractivity contribution in [1.82, 2.24) is 14.4 Å². The lowest BCUT2D eigenvalue weighted by molar-refractivity contribution is 0.494. The summed E-state index contributed by atoms with van der Waals surface area (Å²) >= 11 is 14.1. The van der Waals surface area contributed by atoms with Gasteiger partial charge in [0.05, 0.1) is 14.9 Å². The molecular formula is C20H21Cl2N5S. The number of rotatable bonds is 4. The lowest BCUT2D eigenvalue weighted by Crippen LogP contribution is -2.26. The molecule has 2 unspecified atom stereocenters. The second kappa shape index (κ2) is 7.41. The maximum atomic E-state index is 6.36. The van der Waals surface area contributed by atoms with Crippen molar-refractivity contribution in [2.75, 3.05) is 24.5 Å². The van der Waals surface area contributed by atoms with Crippen LogP contribution in [0, 0.1) is 17.8 Å². The number of nitrogens with two attached hydrogens (primary N) is 1. The number of hydrogen-bond donors (Lipinski definition) is 1. The topological polar surface area (TPSA) is 59.5 Å². The smallest absolute Gasteiger partial charge is 0.211 e. The van der Waals surface area contributed by atoms with Gasteiger partial charge in [0.15, 0.2) is 5.65 Å². The molecule has 5 nitrogen and oxygen atoms in total. The van der Waals surface area contributed by atoms with Gasteiger partial charge in [-0.05, 0) is 49.3 Å². The fourth-order valence-electron chi connectivity index (χ4n) is 4.65. The fraction of sp³-hybridized carbons (Fsp3) is 0.400. The maximum Gasteiger partial charge on any atom is 0.211 e. The van der Waals surface area contributed by atoms with Crippen molar-refractivity contribution in [3.8, 4) is 0 Å². The predicted molar refractivity (Wildman–Crippen MR) is 115 cm³/mol. The molecule has 1 aliphatic heterocycles. The summed E-state index contributed by atoms with van der Waals surface area (Å²) in [6.45, 7) is 2.91. The number of fused-ring (bicyclic) bond motifs is 2. The van der Waals surface area contributed by atoms with Crippen LogP contribution in [0.25, 0.3) is 5.65 Å². The first-order valence-corrected chi connectivity index (χ1v) is 11.1. The summed E-state index contributed by atoms with van der Waals surface area (Å²) < 4.78 is 2.09. The normalized spacial score (nSPS) is 24.2. The third-order valence-electron chi connectivity index (χ3n) is 5.97. The first-order valence-electron chi connectivity index (χ1n) is 9.53. The minimum Gasteiger partial charge on any atom is -0.341 e. The Labute approximate surface area is 178 Å². The average Bonchev–Trinajstić information content (AvgIpc) is 3.40. The minimum absolute atomic E-state index is 0.551. The molecule has 0 bridgehead atoms. The van der Waals surface area contributed by atoms with E-state index in [2.05, 4.69) is 14.3 Å². The molecule has 3 heterocycles. The molecule has 2 aliphatic rings. The number of aromatic nitrogens is 3. The molecule has 1 aromatic carbocycles. The van der Waals surface area contributed by atoms with Gasteiger partial charge in [0.2, 0.25) is 5.95 Å². The summed E-state index contributed by atoms with van der Waals surface area (Å²) in [5.74, 6) is 3.12. The Morgan fingerprint density at radius 1 is 1.11 bits per heavy atom. The van der Waals surface area contributed by atoms with E-state index in [1.54, 1.807) is 6.07 Å². The number of halogens is 2. The first-order chi connectivity index (χ1) is 13.6. The van der Waals surface area contributed by atoms with Crippen LogP contribution >= 0.6 is 35.0 Å². The summed E-state index contributed by atoms with van der Waals surface area (Å²) in [6.07, 6.45) is 8.19. The number of imidazole rings is 1. The molecule has 0 amide bonds. The monoisotopic (exact) mass is 433 g/mol. The molecule has 1 saturated heterocycles. The second-order valence-corrected chi connectivity index (χ2v) is 9.56. The van der Waals surface area contributed by atoms with Gasteiger partial charge in [-0.3, -0.25) is 4.40 Å². The number of anilines is 1. The molecule has 2 N–H and O–H groups in total. The van der Waals surface area contributed by atoms with Gasteiger partial charge in [0, 0.05) is 36.6 Å². The van der Waals surface area contributed by atoms with Crippen molar-refractivity contribution in [3.63, 3.8) is 0 Å². The van der Waals surface area contributed by atoms with Crippen LogP contribution in [0.3, 0.4) is 0 Å². The first kappa shape index (κ1) is 18.6. The Hall–Kier alpha value is -1.47. The molecule has 1 aliphatic carbocycles. The summed E-state index contributed by atoms with van der Waals surface area (Å²) in [5.41, 5.74) is 6.78. The van der Waals surface area contributed by atoms with E-state index in [9.17, 15) is 0 Å². The zero-order valence-corrected chi connectivity index (χ0v) is 17.6. The lowest BCUT2D eigenvalue weighted by Gasteiger charge is -2.21. The molecule has 28 heavy (non-hydrogen) atoms. The lowest BCUT2D eigenvalue weighted by atomic mass is 10.0. The van der Waals surface area contributed by atoms with Gasteiger partial charge in [-0.1, -0.05) is 41.0 Å². The highest BCUT2D eigenvalue weighted by Crippen LogP contribution is 2.43. The Morgan fingerprint density at radius 2 is 1.89 bits per heavy atom. The van der Waals surface area contributed by atoms with Crippen molar-refractivity contribution < 1.29 is 0 Å². The fourth-order valence-corrected chi connectivity index (χ4v) is 6.05. The largest absolute Gasteiger partial charge is 0.341 e. The van der Waals surface area contributed by atoms with Crippen LogP contribution in [-0.4, -0.2) is 34.0 Å². The van der Waals surface area contributed by atoms with Gasteiger partial charge >= 0.3 is 0 Å². The highest BCUT2D eigenvalue weighted by atomic mass is 35.5. The van der Waals surface area contributed by atoms with Crippen molar-refractivity contribution in [2.24, 2.45) is 23.5 Å². The Balaban J connectivity index is 1.44. The zero-order valence-electron chi connectivity index (χ0n) is 15.3. The van der Waals surface area contributed by atoms with Gasteiger partial charge in [0.25, 0.3) is 0 Å². The molecular weight excluding hydrogens is 413 g/mol. The van der Waals surface area contributed by atoms with Crippen molar-refractivity contribution >= 4 is 46.6 Å². The van der Waals surface area contributed by atoms with Crippen LogP contribution in [0.4, 0.5) is 5.95 Å². The average molecular weight is 434 g/mol. The molecule has 2 aromatic heterocycles. The van der Waals surface area contributed by atoms with E-state index >= 15 is 0 Å². The summed E-state index contributed by atoms with van der Waals surface area (Å²) in [7, 11) is 0. The van der Waals surface area contributed by atoms with Crippen molar-refractivity contribution in [3.05, 3.63) is 46.8 Å².